The molecule has 5 heteroatoms. The van der Waals surface area contributed by atoms with Crippen LogP contribution in [0.1, 0.15) is 37.8 Å². The van der Waals surface area contributed by atoms with Gasteiger partial charge in [-0.2, -0.15) is 4.98 Å². The van der Waals surface area contributed by atoms with Crippen molar-refractivity contribution in [1.82, 2.24) is 9.97 Å². The van der Waals surface area contributed by atoms with Crippen molar-refractivity contribution in [3.05, 3.63) is 41.0 Å². The molecule has 1 aromatic carbocycles. The summed E-state index contributed by atoms with van der Waals surface area (Å²) in [5, 5.41) is 7.40. The van der Waals surface area contributed by atoms with Crippen molar-refractivity contribution >= 4 is 29.1 Å². The summed E-state index contributed by atoms with van der Waals surface area (Å²) in [7, 11) is 0. The molecule has 0 saturated heterocycles. The van der Waals surface area contributed by atoms with Crippen molar-refractivity contribution in [2.45, 2.75) is 45.1 Å². The Labute approximate surface area is 136 Å². The van der Waals surface area contributed by atoms with Gasteiger partial charge in [-0.3, -0.25) is 0 Å². The van der Waals surface area contributed by atoms with Gasteiger partial charge < -0.3 is 10.6 Å². The number of rotatable bonds is 4. The molecule has 0 bridgehead atoms. The van der Waals surface area contributed by atoms with E-state index in [1.165, 1.54) is 32.1 Å². The zero-order chi connectivity index (χ0) is 15.4. The second-order valence-electron chi connectivity index (χ2n) is 5.80. The van der Waals surface area contributed by atoms with Gasteiger partial charge in [-0.1, -0.05) is 43.0 Å². The van der Waals surface area contributed by atoms with E-state index in [9.17, 15) is 0 Å². The molecule has 1 heterocycles. The summed E-state index contributed by atoms with van der Waals surface area (Å²) in [6.07, 6.45) is 6.38. The quantitative estimate of drug-likeness (QED) is 0.840. The van der Waals surface area contributed by atoms with Gasteiger partial charge in [-0.05, 0) is 31.9 Å². The highest BCUT2D eigenvalue weighted by molar-refractivity contribution is 6.33. The number of benzene rings is 1. The second-order valence-corrected chi connectivity index (χ2v) is 6.21. The van der Waals surface area contributed by atoms with Crippen LogP contribution in [-0.4, -0.2) is 16.0 Å². The molecule has 3 rings (SSSR count). The van der Waals surface area contributed by atoms with E-state index < -0.39 is 0 Å². The van der Waals surface area contributed by atoms with Crippen LogP contribution in [0.15, 0.2) is 30.3 Å². The molecule has 0 aliphatic heterocycles. The number of nitrogens with zero attached hydrogens (tertiary/aromatic N) is 2. The first-order valence-electron chi connectivity index (χ1n) is 7.84. The second kappa shape index (κ2) is 6.97. The van der Waals surface area contributed by atoms with E-state index >= 15 is 0 Å². The molecule has 0 atom stereocenters. The molecule has 4 nitrogen and oxygen atoms in total. The number of halogens is 1. The molecule has 0 amide bonds. The lowest BCUT2D eigenvalue weighted by Gasteiger charge is -2.23. The van der Waals surface area contributed by atoms with Gasteiger partial charge in [0, 0.05) is 17.8 Å². The zero-order valence-corrected chi connectivity index (χ0v) is 13.5. The summed E-state index contributed by atoms with van der Waals surface area (Å²) in [5.41, 5.74) is 1.75. The standard InChI is InChI=1S/C17H21ClN4/c1-12-11-16(20-13-7-3-2-4-8-13)22-17(19-12)21-15-10-6-5-9-14(15)18/h5-6,9-11,13H,2-4,7-8H2,1H3,(H2,19,20,21,22). The number of nitrogens with one attached hydrogen (secondary N) is 2. The van der Waals surface area contributed by atoms with Crippen molar-refractivity contribution < 1.29 is 0 Å². The van der Waals surface area contributed by atoms with Crippen LogP contribution in [0, 0.1) is 6.92 Å². The first-order chi connectivity index (χ1) is 10.7. The van der Waals surface area contributed by atoms with E-state index in [1.54, 1.807) is 0 Å². The predicted molar refractivity (Wildman–Crippen MR) is 92.0 cm³/mol. The summed E-state index contributed by atoms with van der Waals surface area (Å²) < 4.78 is 0. The summed E-state index contributed by atoms with van der Waals surface area (Å²) >= 11 is 6.18. The van der Waals surface area contributed by atoms with Crippen molar-refractivity contribution in [3.8, 4) is 0 Å². The van der Waals surface area contributed by atoms with Crippen molar-refractivity contribution in [1.29, 1.82) is 0 Å². The molecule has 1 saturated carbocycles. The highest BCUT2D eigenvalue weighted by Crippen LogP contribution is 2.25. The molecule has 1 aliphatic rings. The van der Waals surface area contributed by atoms with Gasteiger partial charge >= 0.3 is 0 Å². The summed E-state index contributed by atoms with van der Waals surface area (Å²) in [5.74, 6) is 1.46. The van der Waals surface area contributed by atoms with E-state index in [1.807, 2.05) is 37.3 Å². The zero-order valence-electron chi connectivity index (χ0n) is 12.8. The van der Waals surface area contributed by atoms with Crippen LogP contribution in [-0.2, 0) is 0 Å². The lowest BCUT2D eigenvalue weighted by Crippen LogP contribution is -2.23. The Balaban J connectivity index is 1.76. The fourth-order valence-electron chi connectivity index (χ4n) is 2.84. The Morgan fingerprint density at radius 2 is 1.86 bits per heavy atom. The SMILES string of the molecule is Cc1cc(NC2CCCCC2)nc(Nc2ccccc2Cl)n1. The highest BCUT2D eigenvalue weighted by atomic mass is 35.5. The van der Waals surface area contributed by atoms with Gasteiger partial charge in [0.1, 0.15) is 5.82 Å². The maximum atomic E-state index is 6.18. The Hall–Kier alpha value is -1.81. The van der Waals surface area contributed by atoms with Gasteiger partial charge in [0.25, 0.3) is 0 Å². The van der Waals surface area contributed by atoms with E-state index in [2.05, 4.69) is 20.6 Å². The third kappa shape index (κ3) is 3.89. The summed E-state index contributed by atoms with van der Waals surface area (Å²) in [4.78, 5) is 9.01. The number of anilines is 3. The average Bonchev–Trinajstić information content (AvgIpc) is 2.50. The van der Waals surface area contributed by atoms with Gasteiger partial charge in [0.15, 0.2) is 0 Å². The normalized spacial score (nSPS) is 15.5. The van der Waals surface area contributed by atoms with Gasteiger partial charge in [-0.25, -0.2) is 4.98 Å². The molecule has 2 aromatic rings. The minimum atomic E-state index is 0.524. The third-order valence-corrected chi connectivity index (χ3v) is 4.26. The number of hydrogen-bond acceptors (Lipinski definition) is 4. The van der Waals surface area contributed by atoms with Crippen molar-refractivity contribution in [2.75, 3.05) is 10.6 Å². The Bertz CT molecular complexity index is 638. The Kier molecular flexibility index (Phi) is 4.78. The summed E-state index contributed by atoms with van der Waals surface area (Å²) in [6.45, 7) is 1.98. The molecular weight excluding hydrogens is 296 g/mol. The van der Waals surface area contributed by atoms with Crippen molar-refractivity contribution in [2.24, 2.45) is 0 Å². The fourth-order valence-corrected chi connectivity index (χ4v) is 3.02. The molecule has 0 spiro atoms. The molecule has 1 aliphatic carbocycles. The number of hydrogen-bond donors (Lipinski definition) is 2. The molecule has 1 aromatic heterocycles. The summed E-state index contributed by atoms with van der Waals surface area (Å²) in [6, 6.07) is 10.1. The number of aryl methyl sites for hydroxylation is 1. The monoisotopic (exact) mass is 316 g/mol. The maximum absolute atomic E-state index is 6.18. The van der Waals surface area contributed by atoms with Crippen LogP contribution in [0.4, 0.5) is 17.5 Å². The van der Waals surface area contributed by atoms with Crippen LogP contribution >= 0.6 is 11.6 Å². The fraction of sp³-hybridized carbons (Fsp3) is 0.412. The third-order valence-electron chi connectivity index (χ3n) is 3.93. The molecule has 0 unspecified atom stereocenters. The van der Waals surface area contributed by atoms with Crippen LogP contribution < -0.4 is 10.6 Å². The van der Waals surface area contributed by atoms with Gasteiger partial charge in [0.05, 0.1) is 10.7 Å². The van der Waals surface area contributed by atoms with Crippen LogP contribution in [0.2, 0.25) is 5.02 Å². The first-order valence-corrected chi connectivity index (χ1v) is 8.22. The maximum Gasteiger partial charge on any atom is 0.229 e. The average molecular weight is 317 g/mol. The van der Waals surface area contributed by atoms with Gasteiger partial charge in [-0.15, -0.1) is 0 Å². The lowest BCUT2D eigenvalue weighted by atomic mass is 9.95. The highest BCUT2D eigenvalue weighted by Gasteiger charge is 2.14. The van der Waals surface area contributed by atoms with E-state index in [-0.39, 0.29) is 0 Å². The van der Waals surface area contributed by atoms with E-state index in [0.717, 1.165) is 17.2 Å². The number of para-hydroxylation sites is 1. The smallest absolute Gasteiger partial charge is 0.229 e. The minimum absolute atomic E-state index is 0.524. The Morgan fingerprint density at radius 3 is 2.64 bits per heavy atom. The van der Waals surface area contributed by atoms with E-state index in [0.29, 0.717) is 17.0 Å². The molecular formula is C17H21ClN4. The molecule has 0 radical (unpaired) electrons. The van der Waals surface area contributed by atoms with Crippen LogP contribution in [0.3, 0.4) is 0 Å². The van der Waals surface area contributed by atoms with E-state index in [4.69, 9.17) is 11.6 Å². The largest absolute Gasteiger partial charge is 0.367 e. The predicted octanol–water partition coefficient (Wildman–Crippen LogP) is 4.93. The first kappa shape index (κ1) is 15.1. The van der Waals surface area contributed by atoms with Gasteiger partial charge in [0.2, 0.25) is 5.95 Å². The molecule has 2 N–H and O–H groups in total. The van der Waals surface area contributed by atoms with Crippen molar-refractivity contribution in [3.63, 3.8) is 0 Å². The molecule has 22 heavy (non-hydrogen) atoms. The number of aromatic nitrogens is 2. The Morgan fingerprint density at radius 1 is 1.09 bits per heavy atom. The molecule has 116 valence electrons. The van der Waals surface area contributed by atoms with Crippen LogP contribution in [0.25, 0.3) is 0 Å². The topological polar surface area (TPSA) is 49.8 Å². The minimum Gasteiger partial charge on any atom is -0.367 e. The lowest BCUT2D eigenvalue weighted by molar-refractivity contribution is 0.462. The van der Waals surface area contributed by atoms with Crippen LogP contribution in [0.5, 0.6) is 0 Å². The molecule has 1 fully saturated rings.